The maximum Gasteiger partial charge on any atom is 0.278 e. The van der Waals surface area contributed by atoms with Crippen LogP contribution >= 0.6 is 0 Å². The number of aromatic nitrogens is 4. The fourth-order valence-corrected chi connectivity index (χ4v) is 6.27. The van der Waals surface area contributed by atoms with Gasteiger partial charge in [0, 0.05) is 25.5 Å². The smallest absolute Gasteiger partial charge is 0.278 e. The Bertz CT molecular complexity index is 896. The van der Waals surface area contributed by atoms with Gasteiger partial charge < -0.3 is 4.52 Å². The Hall–Kier alpha value is -1.87. The molecule has 3 heterocycles. The maximum atomic E-state index is 12.7. The Labute approximate surface area is 145 Å². The van der Waals surface area contributed by atoms with Gasteiger partial charge in [-0.15, -0.1) is 0 Å². The van der Waals surface area contributed by atoms with Gasteiger partial charge in [-0.3, -0.25) is 4.98 Å². The molecule has 3 fully saturated rings. The average molecular weight is 361 g/mol. The van der Waals surface area contributed by atoms with E-state index in [1.165, 1.54) is 0 Å². The van der Waals surface area contributed by atoms with Crippen LogP contribution in [0.3, 0.4) is 0 Å². The molecule has 0 aromatic carbocycles. The fraction of sp³-hybridized carbons (Fsp3) is 0.625. The van der Waals surface area contributed by atoms with Crippen molar-refractivity contribution in [1.29, 1.82) is 0 Å². The molecule has 2 saturated carbocycles. The lowest BCUT2D eigenvalue weighted by molar-refractivity contribution is 0.340. The molecule has 2 aromatic heterocycles. The van der Waals surface area contributed by atoms with Gasteiger partial charge in [0.15, 0.2) is 5.82 Å². The third-order valence-electron chi connectivity index (χ3n) is 5.80. The molecule has 0 N–H and O–H groups in total. The van der Waals surface area contributed by atoms with Crippen LogP contribution in [-0.4, -0.2) is 51.2 Å². The molecule has 1 aliphatic heterocycles. The summed E-state index contributed by atoms with van der Waals surface area (Å²) in [4.78, 5) is 12.8. The van der Waals surface area contributed by atoms with E-state index < -0.39 is 10.0 Å². The van der Waals surface area contributed by atoms with Gasteiger partial charge in [0.25, 0.3) is 5.89 Å². The lowest BCUT2D eigenvalue weighted by atomic mass is 9.80. The third kappa shape index (κ3) is 2.32. The quantitative estimate of drug-likeness (QED) is 0.810. The molecular weight excluding hydrogens is 342 g/mol. The van der Waals surface area contributed by atoms with Crippen molar-refractivity contribution in [3.8, 4) is 11.6 Å². The molecule has 0 amide bonds. The number of fused-ring (bicyclic) bond motifs is 1. The Morgan fingerprint density at radius 1 is 1.24 bits per heavy atom. The van der Waals surface area contributed by atoms with E-state index >= 15 is 0 Å². The molecule has 0 spiro atoms. The third-order valence-corrected chi connectivity index (χ3v) is 8.11. The van der Waals surface area contributed by atoms with Crippen molar-refractivity contribution in [2.45, 2.75) is 42.8 Å². The summed E-state index contributed by atoms with van der Waals surface area (Å²) < 4.78 is 32.4. The van der Waals surface area contributed by atoms with Crippen LogP contribution in [-0.2, 0) is 15.4 Å². The molecule has 2 atom stereocenters. The summed E-state index contributed by atoms with van der Waals surface area (Å²) in [7, 11) is -3.17. The van der Waals surface area contributed by atoms with Crippen molar-refractivity contribution in [2.75, 3.05) is 13.1 Å². The lowest BCUT2D eigenvalue weighted by Crippen LogP contribution is -2.36. The lowest BCUT2D eigenvalue weighted by Gasteiger charge is -2.24. The maximum absolute atomic E-state index is 12.7. The first kappa shape index (κ1) is 15.4. The van der Waals surface area contributed by atoms with Gasteiger partial charge in [-0.25, -0.2) is 17.7 Å². The van der Waals surface area contributed by atoms with Gasteiger partial charge in [-0.2, -0.15) is 4.98 Å². The summed E-state index contributed by atoms with van der Waals surface area (Å²) in [6.45, 7) is 1.05. The van der Waals surface area contributed by atoms with E-state index in [1.54, 1.807) is 22.9 Å². The highest BCUT2D eigenvalue weighted by molar-refractivity contribution is 7.90. The SMILES string of the molecule is O=S(=O)(C1CC1)N1C[C@H]2CCC[C@@]2(c2noc(-c3cnccn3)n2)C1. The van der Waals surface area contributed by atoms with Crippen LogP contribution in [0.25, 0.3) is 11.6 Å². The highest BCUT2D eigenvalue weighted by Crippen LogP contribution is 2.51. The van der Waals surface area contributed by atoms with Crippen LogP contribution in [0.4, 0.5) is 0 Å². The van der Waals surface area contributed by atoms with Crippen molar-refractivity contribution in [1.82, 2.24) is 24.4 Å². The Morgan fingerprint density at radius 2 is 2.12 bits per heavy atom. The van der Waals surface area contributed by atoms with Crippen molar-refractivity contribution < 1.29 is 12.9 Å². The monoisotopic (exact) mass is 361 g/mol. The Kier molecular flexibility index (Phi) is 3.27. The summed E-state index contributed by atoms with van der Waals surface area (Å²) in [5.41, 5.74) is 0.207. The number of hydrogen-bond donors (Lipinski definition) is 0. The molecule has 1 saturated heterocycles. The molecule has 3 aliphatic rings. The van der Waals surface area contributed by atoms with Gasteiger partial charge in [0.1, 0.15) is 5.69 Å². The summed E-state index contributed by atoms with van der Waals surface area (Å²) in [5, 5.41) is 4.03. The van der Waals surface area contributed by atoms with E-state index in [4.69, 9.17) is 4.52 Å². The molecule has 0 unspecified atom stereocenters. The first-order valence-corrected chi connectivity index (χ1v) is 10.2. The van der Waals surface area contributed by atoms with Gasteiger partial charge in [0.05, 0.1) is 16.9 Å². The molecule has 5 rings (SSSR count). The molecule has 25 heavy (non-hydrogen) atoms. The minimum Gasteiger partial charge on any atom is -0.332 e. The van der Waals surface area contributed by atoms with Gasteiger partial charge >= 0.3 is 0 Å². The normalized spacial score (nSPS) is 29.8. The molecule has 0 radical (unpaired) electrons. The largest absolute Gasteiger partial charge is 0.332 e. The average Bonchev–Trinajstić information content (AvgIpc) is 3.06. The van der Waals surface area contributed by atoms with Gasteiger partial charge in [-0.05, 0) is 31.6 Å². The summed E-state index contributed by atoms with van der Waals surface area (Å²) in [6, 6.07) is 0. The molecule has 2 aromatic rings. The minimum atomic E-state index is -3.17. The molecule has 9 heteroatoms. The second-order valence-electron chi connectivity index (χ2n) is 7.30. The molecule has 8 nitrogen and oxygen atoms in total. The summed E-state index contributed by atoms with van der Waals surface area (Å²) >= 11 is 0. The zero-order chi connectivity index (χ0) is 17.1. The van der Waals surface area contributed by atoms with Crippen LogP contribution in [0.1, 0.15) is 37.9 Å². The van der Waals surface area contributed by atoms with Crippen LogP contribution in [0.5, 0.6) is 0 Å². The predicted molar refractivity (Wildman–Crippen MR) is 87.9 cm³/mol. The van der Waals surface area contributed by atoms with Crippen molar-refractivity contribution >= 4 is 10.0 Å². The minimum absolute atomic E-state index is 0.177. The molecule has 0 bridgehead atoms. The molecule has 132 valence electrons. The zero-order valence-electron chi connectivity index (χ0n) is 13.7. The highest BCUT2D eigenvalue weighted by atomic mass is 32.2. The van der Waals surface area contributed by atoms with Crippen molar-refractivity contribution in [3.63, 3.8) is 0 Å². The number of nitrogens with zero attached hydrogens (tertiary/aromatic N) is 5. The van der Waals surface area contributed by atoms with Crippen LogP contribution in [0.2, 0.25) is 0 Å². The van der Waals surface area contributed by atoms with Gasteiger partial charge in [0.2, 0.25) is 10.0 Å². The van der Waals surface area contributed by atoms with E-state index in [0.717, 1.165) is 32.1 Å². The first-order chi connectivity index (χ1) is 12.1. The van der Waals surface area contributed by atoms with Gasteiger partial charge in [-0.1, -0.05) is 11.6 Å². The molecular formula is C16H19N5O3S. The van der Waals surface area contributed by atoms with Crippen molar-refractivity contribution in [3.05, 3.63) is 24.4 Å². The van der Waals surface area contributed by atoms with E-state index in [2.05, 4.69) is 20.1 Å². The number of rotatable bonds is 4. The first-order valence-electron chi connectivity index (χ1n) is 8.69. The Morgan fingerprint density at radius 3 is 2.88 bits per heavy atom. The fourth-order valence-electron chi connectivity index (χ4n) is 4.32. The highest BCUT2D eigenvalue weighted by Gasteiger charge is 2.57. The van der Waals surface area contributed by atoms with Crippen LogP contribution in [0.15, 0.2) is 23.1 Å². The summed E-state index contributed by atoms with van der Waals surface area (Å²) in [6.07, 6.45) is 9.29. The second kappa shape index (κ2) is 5.31. The van der Waals surface area contributed by atoms with E-state index in [-0.39, 0.29) is 16.6 Å². The van der Waals surface area contributed by atoms with Crippen LogP contribution in [0, 0.1) is 5.92 Å². The Balaban J connectivity index is 1.49. The summed E-state index contributed by atoms with van der Waals surface area (Å²) in [5.74, 6) is 1.21. The topological polar surface area (TPSA) is 102 Å². The van der Waals surface area contributed by atoms with Crippen LogP contribution < -0.4 is 0 Å². The van der Waals surface area contributed by atoms with Crippen molar-refractivity contribution in [2.24, 2.45) is 5.92 Å². The number of sulfonamides is 1. The number of hydrogen-bond acceptors (Lipinski definition) is 7. The predicted octanol–water partition coefficient (Wildman–Crippen LogP) is 1.37. The zero-order valence-corrected chi connectivity index (χ0v) is 14.5. The standard InChI is InChI=1S/C16H19N5O3S/c22-25(23,12-3-4-12)21-9-11-2-1-5-16(11,10-21)15-19-14(24-20-15)13-8-17-6-7-18-13/h6-8,11-12H,1-5,9-10H2/t11-,16-/m1/s1. The molecule has 2 aliphatic carbocycles. The van der Waals surface area contributed by atoms with E-state index in [0.29, 0.717) is 30.5 Å². The van der Waals surface area contributed by atoms with E-state index in [1.807, 2.05) is 0 Å². The van der Waals surface area contributed by atoms with E-state index in [9.17, 15) is 8.42 Å². The second-order valence-corrected chi connectivity index (χ2v) is 9.51.